The number of anilines is 2. The first-order valence-corrected chi connectivity index (χ1v) is 17.0. The highest BCUT2D eigenvalue weighted by Gasteiger charge is 2.55. The number of H-pyrrole nitrogens is 1. The average Bonchev–Trinajstić information content (AvgIpc) is 3.75. The summed E-state index contributed by atoms with van der Waals surface area (Å²) in [7, 11) is -1.56. The number of halogens is 1. The Morgan fingerprint density at radius 3 is 2.62 bits per heavy atom. The molecule has 7 heterocycles. The molecule has 10 atom stereocenters. The molecule has 0 aromatic carbocycles. The van der Waals surface area contributed by atoms with E-state index in [0.29, 0.717) is 0 Å². The summed E-state index contributed by atoms with van der Waals surface area (Å²) < 4.78 is 66.7. The summed E-state index contributed by atoms with van der Waals surface area (Å²) in [5, 5.41) is 2.65. The van der Waals surface area contributed by atoms with Gasteiger partial charge < -0.3 is 35.1 Å². The van der Waals surface area contributed by atoms with Crippen LogP contribution in [0.2, 0.25) is 0 Å². The molecule has 4 aromatic rings. The summed E-state index contributed by atoms with van der Waals surface area (Å²) in [5.41, 5.74) is 11.5. The third-order valence-corrected chi connectivity index (χ3v) is 10.1. The molecule has 4 aromatic heterocycles. The molecular weight excluding hydrogens is 663 g/mol. The first-order valence-electron chi connectivity index (χ1n) is 13.2. The molecule has 2 bridgehead atoms. The lowest BCUT2D eigenvalue weighted by Gasteiger charge is -2.26. The summed E-state index contributed by atoms with van der Waals surface area (Å²) in [6.07, 6.45) is -4.78. The van der Waals surface area contributed by atoms with Gasteiger partial charge in [-0.1, -0.05) is 0 Å². The van der Waals surface area contributed by atoms with E-state index in [4.69, 9.17) is 51.1 Å². The van der Waals surface area contributed by atoms with Crippen LogP contribution >= 0.6 is 14.9 Å². The number of rotatable bonds is 3. The minimum atomic E-state index is -3.94. The largest absolute Gasteiger partial charge is 0.698 e. The molecule has 20 nitrogen and oxygen atoms in total. The molecule has 3 saturated heterocycles. The number of methoxy groups -OCH3 is 1. The maximum Gasteiger partial charge on any atom is 0.698 e. The molecule has 3 aliphatic rings. The third-order valence-electron chi connectivity index (χ3n) is 7.55. The molecule has 0 radical (unpaired) electrons. The van der Waals surface area contributed by atoms with Crippen LogP contribution in [-0.4, -0.2) is 101 Å². The highest BCUT2D eigenvalue weighted by molar-refractivity contribution is 8.08. The van der Waals surface area contributed by atoms with Crippen LogP contribution in [0.5, 0.6) is 0 Å². The van der Waals surface area contributed by atoms with Crippen molar-refractivity contribution in [1.82, 2.24) is 44.1 Å². The number of nitrogens with zero attached hydrogens (tertiary/aromatic N) is 7. The van der Waals surface area contributed by atoms with E-state index in [2.05, 4.69) is 35.0 Å². The van der Waals surface area contributed by atoms with Gasteiger partial charge in [-0.3, -0.25) is 18.9 Å². The van der Waals surface area contributed by atoms with Crippen molar-refractivity contribution in [3.05, 3.63) is 29.3 Å². The number of hydrogen-bond donors (Lipinski definition) is 5. The first-order chi connectivity index (χ1) is 21.5. The maximum atomic E-state index is 16.1. The van der Waals surface area contributed by atoms with Crippen LogP contribution < -0.4 is 22.1 Å². The van der Waals surface area contributed by atoms with E-state index in [9.17, 15) is 14.3 Å². The molecular formula is C21H25FN11O9P2S+. The molecule has 3 aliphatic heterocycles. The van der Waals surface area contributed by atoms with E-state index in [-0.39, 0.29) is 40.7 Å². The van der Waals surface area contributed by atoms with Crippen molar-refractivity contribution >= 4 is 60.8 Å². The van der Waals surface area contributed by atoms with Crippen LogP contribution in [0.3, 0.4) is 0 Å². The zero-order valence-electron chi connectivity index (χ0n) is 22.9. The van der Waals surface area contributed by atoms with E-state index in [1.54, 1.807) is 0 Å². The molecule has 0 saturated carbocycles. The van der Waals surface area contributed by atoms with Crippen LogP contribution in [-0.2, 0) is 44.2 Å². The topological polar surface area (TPSA) is 264 Å². The van der Waals surface area contributed by atoms with E-state index < -0.39 is 76.1 Å². The third kappa shape index (κ3) is 5.40. The number of fused-ring (bicyclic) bond motifs is 5. The zero-order chi connectivity index (χ0) is 31.6. The van der Waals surface area contributed by atoms with Crippen LogP contribution in [0.25, 0.3) is 22.3 Å². The lowest BCUT2D eigenvalue weighted by atomic mass is 10.1. The van der Waals surface area contributed by atoms with Crippen molar-refractivity contribution in [2.45, 2.75) is 49.1 Å². The molecule has 45 heavy (non-hydrogen) atoms. The number of alkyl halides is 1. The van der Waals surface area contributed by atoms with Gasteiger partial charge in [-0.2, -0.15) is 4.98 Å². The van der Waals surface area contributed by atoms with Crippen LogP contribution in [0.4, 0.5) is 16.2 Å². The Morgan fingerprint density at radius 2 is 1.84 bits per heavy atom. The van der Waals surface area contributed by atoms with Crippen molar-refractivity contribution in [2.24, 2.45) is 0 Å². The molecule has 24 heteroatoms. The highest BCUT2D eigenvalue weighted by atomic mass is 32.5. The van der Waals surface area contributed by atoms with Crippen molar-refractivity contribution in [2.75, 3.05) is 31.8 Å². The fraction of sp³-hybridized carbons (Fsp3) is 0.524. The minimum absolute atomic E-state index is 0.0371. The predicted octanol–water partition coefficient (Wildman–Crippen LogP) is -0.464. The monoisotopic (exact) mass is 688 g/mol. The van der Waals surface area contributed by atoms with Crippen molar-refractivity contribution in [3.8, 4) is 0 Å². The Hall–Kier alpha value is -3.14. The average molecular weight is 689 g/mol. The van der Waals surface area contributed by atoms with Gasteiger partial charge >= 0.3 is 8.25 Å². The van der Waals surface area contributed by atoms with Crippen molar-refractivity contribution in [3.63, 3.8) is 0 Å². The molecule has 0 aliphatic carbocycles. The number of imidazole rings is 2. The van der Waals surface area contributed by atoms with E-state index in [0.717, 1.165) is 0 Å². The predicted molar refractivity (Wildman–Crippen MR) is 154 cm³/mol. The minimum Gasteiger partial charge on any atom is -0.382 e. The van der Waals surface area contributed by atoms with Gasteiger partial charge in [0.2, 0.25) is 5.95 Å². The Labute approximate surface area is 256 Å². The normalized spacial score (nSPS) is 35.2. The van der Waals surface area contributed by atoms with E-state index in [1.165, 1.54) is 35.2 Å². The van der Waals surface area contributed by atoms with Gasteiger partial charge in [0.1, 0.15) is 36.8 Å². The number of ether oxygens (including phenoxy) is 3. The molecule has 7 N–H and O–H groups in total. The molecule has 3 fully saturated rings. The summed E-state index contributed by atoms with van der Waals surface area (Å²) in [6.45, 7) is -4.77. The lowest BCUT2D eigenvalue weighted by molar-refractivity contribution is -0.0505. The molecule has 10 unspecified atom stereocenters. The number of aromatic amines is 1. The smallest absolute Gasteiger partial charge is 0.382 e. The second-order valence-electron chi connectivity index (χ2n) is 10.2. The molecule has 0 spiro atoms. The Kier molecular flexibility index (Phi) is 7.85. The fourth-order valence-corrected chi connectivity index (χ4v) is 7.96. The summed E-state index contributed by atoms with van der Waals surface area (Å²) in [5.74, 6) is -0.0875. The lowest BCUT2D eigenvalue weighted by Crippen LogP contribution is -2.43. The molecule has 240 valence electrons. The highest BCUT2D eigenvalue weighted by Crippen LogP contribution is 2.47. The van der Waals surface area contributed by atoms with Gasteiger partial charge in [0.05, 0.1) is 25.3 Å². The quantitative estimate of drug-likeness (QED) is 0.170. The van der Waals surface area contributed by atoms with Gasteiger partial charge in [0.15, 0.2) is 47.4 Å². The summed E-state index contributed by atoms with van der Waals surface area (Å²) >= 11 is 5.33. The van der Waals surface area contributed by atoms with Crippen LogP contribution in [0.15, 0.2) is 23.8 Å². The van der Waals surface area contributed by atoms with Gasteiger partial charge in [0.25, 0.3) is 12.2 Å². The number of nitrogen functional groups attached to an aromatic ring is 2. The maximum absolute atomic E-state index is 16.1. The fourth-order valence-electron chi connectivity index (χ4n) is 5.55. The Bertz CT molecular complexity index is 1900. The number of nitrogens with one attached hydrogen (secondary N) is 2. The standard InChI is InChI=1S/C21H24FN11O9P2S/c1-37-13-8-3-39-44(36,45)31-10-7(40-19(9(10)22)32-5-27-11-15(23)25-4-26-16(11)32)2-38-43(35)42-14(13)20(41-8)33-6-28-12-17(33)29-21(24)30-18(12)34/h4-10,13-14,19-20H,2-3H2,1H3,(H6-,23,24,25,26,29,30,31,34,36,45)/p+1. The van der Waals surface area contributed by atoms with Gasteiger partial charge in [-0.15, -0.1) is 9.05 Å². The first kappa shape index (κ1) is 30.5. The Morgan fingerprint density at radius 1 is 1.11 bits per heavy atom. The van der Waals surface area contributed by atoms with Crippen molar-refractivity contribution < 1.29 is 41.6 Å². The number of hydrogen-bond acceptors (Lipinski definition) is 16. The van der Waals surface area contributed by atoms with E-state index >= 15 is 4.39 Å². The van der Waals surface area contributed by atoms with Gasteiger partial charge in [-0.05, 0) is 11.8 Å². The summed E-state index contributed by atoms with van der Waals surface area (Å²) in [4.78, 5) is 46.2. The molecule has 7 rings (SSSR count). The van der Waals surface area contributed by atoms with E-state index in [1.807, 2.05) is 0 Å². The van der Waals surface area contributed by atoms with Crippen LogP contribution in [0.1, 0.15) is 12.5 Å². The second-order valence-corrected chi connectivity index (χ2v) is 14.2. The molecule has 0 amide bonds. The van der Waals surface area contributed by atoms with Crippen LogP contribution in [0, 0.1) is 0 Å². The van der Waals surface area contributed by atoms with Gasteiger partial charge in [-0.25, -0.2) is 29.4 Å². The number of aromatic nitrogens is 8. The zero-order valence-corrected chi connectivity index (χ0v) is 25.5. The number of nitrogens with two attached hydrogens (primary N) is 2. The SMILES string of the molecule is COC1C2COP(O)(=S)NC3C(CO[P+](=O)OC1C(n1cnc4c(=O)[nH]c(N)nc41)O2)OC(n1cnc2c(N)ncnc21)C3F. The summed E-state index contributed by atoms with van der Waals surface area (Å²) in [6, 6.07) is -1.29. The van der Waals surface area contributed by atoms with Gasteiger partial charge in [0, 0.05) is 11.7 Å². The second kappa shape index (κ2) is 11.6. The van der Waals surface area contributed by atoms with Crippen molar-refractivity contribution in [1.29, 1.82) is 0 Å². The Balaban J connectivity index is 1.20.